The van der Waals surface area contributed by atoms with E-state index in [1.54, 1.807) is 6.92 Å². The molecule has 0 amide bonds. The third-order valence-electron chi connectivity index (χ3n) is 1.63. The second-order valence-corrected chi connectivity index (χ2v) is 2.68. The van der Waals surface area contributed by atoms with Crippen LogP contribution in [0, 0.1) is 4.91 Å². The summed E-state index contributed by atoms with van der Waals surface area (Å²) in [6.07, 6.45) is -0.203. The van der Waals surface area contributed by atoms with E-state index < -0.39 is 12.2 Å². The third-order valence-corrected chi connectivity index (χ3v) is 1.63. The van der Waals surface area contributed by atoms with E-state index in [4.69, 9.17) is 9.47 Å². The Kier molecular flexibility index (Phi) is 6.65. The highest BCUT2D eigenvalue weighted by atomic mass is 16.6. The topological polar surface area (TPSA) is 68.2 Å². The molecule has 14 heavy (non-hydrogen) atoms. The van der Waals surface area contributed by atoms with Gasteiger partial charge < -0.3 is 9.47 Å². The van der Waals surface area contributed by atoms with Crippen LogP contribution in [0.1, 0.15) is 20.3 Å². The molecule has 0 aromatic heterocycles. The van der Waals surface area contributed by atoms with Crippen molar-refractivity contribution in [1.82, 2.24) is 5.01 Å². The summed E-state index contributed by atoms with van der Waals surface area (Å²) >= 11 is 0. The summed E-state index contributed by atoms with van der Waals surface area (Å²) < 4.78 is 9.74. The summed E-state index contributed by atoms with van der Waals surface area (Å²) in [5.41, 5.74) is 0. The lowest BCUT2D eigenvalue weighted by Gasteiger charge is -2.24. The minimum absolute atomic E-state index is 0.394. The normalized spacial score (nSPS) is 11.9. The Labute approximate surface area is 83.1 Å². The van der Waals surface area contributed by atoms with E-state index in [-0.39, 0.29) is 0 Å². The quantitative estimate of drug-likeness (QED) is 0.267. The van der Waals surface area contributed by atoms with Gasteiger partial charge in [-0.1, -0.05) is 0 Å². The number of methoxy groups -OCH3 is 1. The fourth-order valence-electron chi connectivity index (χ4n) is 0.993. The first kappa shape index (κ1) is 12.8. The Morgan fingerprint density at radius 3 is 2.57 bits per heavy atom. The summed E-state index contributed by atoms with van der Waals surface area (Å²) in [5.74, 6) is -0.437. The molecule has 0 aliphatic carbocycles. The Morgan fingerprint density at radius 2 is 2.21 bits per heavy atom. The molecular weight excluding hydrogens is 188 g/mol. The van der Waals surface area contributed by atoms with Crippen LogP contribution in [-0.2, 0) is 14.3 Å². The molecule has 0 heterocycles. The van der Waals surface area contributed by atoms with Gasteiger partial charge in [-0.05, 0) is 6.92 Å². The minimum Gasteiger partial charge on any atom is -0.440 e. The molecule has 0 rings (SSSR count). The third kappa shape index (κ3) is 4.76. The largest absolute Gasteiger partial charge is 0.440 e. The van der Waals surface area contributed by atoms with Crippen molar-refractivity contribution in [3.8, 4) is 0 Å². The minimum atomic E-state index is -0.630. The van der Waals surface area contributed by atoms with Crippen molar-refractivity contribution in [3.05, 3.63) is 4.91 Å². The van der Waals surface area contributed by atoms with Gasteiger partial charge in [0.05, 0.1) is 11.9 Å². The van der Waals surface area contributed by atoms with Gasteiger partial charge >= 0.3 is 5.97 Å². The Balaban J connectivity index is 4.19. The maximum atomic E-state index is 10.7. The van der Waals surface area contributed by atoms with Crippen LogP contribution in [0.25, 0.3) is 0 Å². The Bertz CT molecular complexity index is 186. The van der Waals surface area contributed by atoms with Gasteiger partial charge in [0.25, 0.3) is 0 Å². The molecule has 0 bridgehead atoms. The second kappa shape index (κ2) is 7.25. The fourth-order valence-corrected chi connectivity index (χ4v) is 0.993. The smallest absolute Gasteiger partial charge is 0.304 e. The van der Waals surface area contributed by atoms with Gasteiger partial charge in [0, 0.05) is 27.0 Å². The molecule has 0 spiro atoms. The molecule has 0 radical (unpaired) electrons. The number of carbonyl (C=O) groups excluding carboxylic acids is 1. The van der Waals surface area contributed by atoms with Crippen molar-refractivity contribution in [2.45, 2.75) is 26.5 Å². The molecule has 0 saturated heterocycles. The van der Waals surface area contributed by atoms with Gasteiger partial charge in [0.15, 0.2) is 6.23 Å². The van der Waals surface area contributed by atoms with Crippen LogP contribution in [0.2, 0.25) is 0 Å². The van der Waals surface area contributed by atoms with E-state index in [1.807, 2.05) is 0 Å². The molecular formula is C8H16N2O4. The van der Waals surface area contributed by atoms with Crippen LogP contribution in [0.5, 0.6) is 0 Å². The molecule has 1 unspecified atom stereocenters. The van der Waals surface area contributed by atoms with Crippen LogP contribution in [0.15, 0.2) is 5.29 Å². The van der Waals surface area contributed by atoms with E-state index in [2.05, 4.69) is 5.29 Å². The van der Waals surface area contributed by atoms with Crippen LogP contribution in [0.4, 0.5) is 0 Å². The standard InChI is InChI=1S/C8H16N2O4/c1-4-10(9-12)8(5-6-13-3)14-7(2)11/h8H,4-6H2,1-3H3. The number of ether oxygens (including phenoxy) is 2. The average Bonchev–Trinajstić information content (AvgIpc) is 2.15. The van der Waals surface area contributed by atoms with E-state index in [0.29, 0.717) is 19.6 Å². The van der Waals surface area contributed by atoms with Crippen molar-refractivity contribution in [2.24, 2.45) is 5.29 Å². The van der Waals surface area contributed by atoms with E-state index >= 15 is 0 Å². The number of nitroso groups, excluding NO2 is 1. The zero-order valence-corrected chi connectivity index (χ0v) is 8.73. The van der Waals surface area contributed by atoms with E-state index in [1.165, 1.54) is 19.0 Å². The number of hydrogen-bond donors (Lipinski definition) is 0. The van der Waals surface area contributed by atoms with E-state index in [0.717, 1.165) is 0 Å². The lowest BCUT2D eigenvalue weighted by Crippen LogP contribution is -2.35. The van der Waals surface area contributed by atoms with Gasteiger partial charge in [-0.25, -0.2) is 5.01 Å². The predicted molar refractivity (Wildman–Crippen MR) is 50.2 cm³/mol. The van der Waals surface area contributed by atoms with Crippen molar-refractivity contribution in [1.29, 1.82) is 0 Å². The number of esters is 1. The van der Waals surface area contributed by atoms with E-state index in [9.17, 15) is 9.70 Å². The lowest BCUT2D eigenvalue weighted by molar-refractivity contribution is -0.158. The highest BCUT2D eigenvalue weighted by Crippen LogP contribution is 2.07. The molecule has 6 heteroatoms. The maximum Gasteiger partial charge on any atom is 0.304 e. The summed E-state index contributed by atoms with van der Waals surface area (Å²) in [7, 11) is 1.54. The molecule has 82 valence electrons. The number of nitrogens with zero attached hydrogens (tertiary/aromatic N) is 2. The van der Waals surface area contributed by atoms with Gasteiger partial charge in [-0.2, -0.15) is 0 Å². The SMILES string of the molecule is CCN(N=O)C(CCOC)OC(C)=O. The average molecular weight is 204 g/mol. The molecule has 0 N–H and O–H groups in total. The zero-order chi connectivity index (χ0) is 11.0. The van der Waals surface area contributed by atoms with Crippen molar-refractivity contribution in [2.75, 3.05) is 20.3 Å². The van der Waals surface area contributed by atoms with Crippen molar-refractivity contribution in [3.63, 3.8) is 0 Å². The Hall–Kier alpha value is -1.17. The number of carbonyl (C=O) groups is 1. The molecule has 0 aromatic carbocycles. The first-order valence-corrected chi connectivity index (χ1v) is 4.41. The van der Waals surface area contributed by atoms with Gasteiger partial charge in [0.2, 0.25) is 0 Å². The Morgan fingerprint density at radius 1 is 1.57 bits per heavy atom. The lowest BCUT2D eigenvalue weighted by atomic mass is 10.4. The molecule has 0 aromatic rings. The molecule has 0 aliphatic heterocycles. The van der Waals surface area contributed by atoms with Crippen LogP contribution in [-0.4, -0.2) is 37.5 Å². The molecule has 0 saturated carbocycles. The van der Waals surface area contributed by atoms with Gasteiger partial charge in [-0.3, -0.25) is 4.79 Å². The summed E-state index contributed by atoms with van der Waals surface area (Å²) in [5, 5.41) is 3.93. The zero-order valence-electron chi connectivity index (χ0n) is 8.73. The van der Waals surface area contributed by atoms with Gasteiger partial charge in [-0.15, -0.1) is 4.91 Å². The first-order chi connectivity index (χ1) is 6.65. The predicted octanol–water partition coefficient (Wildman–Crippen LogP) is 0.915. The van der Waals surface area contributed by atoms with Gasteiger partial charge in [0.1, 0.15) is 0 Å². The molecule has 0 aliphatic rings. The van der Waals surface area contributed by atoms with Crippen LogP contribution >= 0.6 is 0 Å². The number of rotatable bonds is 7. The summed E-state index contributed by atoms with van der Waals surface area (Å²) in [4.78, 5) is 21.1. The highest BCUT2D eigenvalue weighted by Gasteiger charge is 2.19. The van der Waals surface area contributed by atoms with Crippen LogP contribution < -0.4 is 0 Å². The maximum absolute atomic E-state index is 10.7. The second-order valence-electron chi connectivity index (χ2n) is 2.68. The molecule has 6 nitrogen and oxygen atoms in total. The van der Waals surface area contributed by atoms with Crippen molar-refractivity contribution < 1.29 is 14.3 Å². The molecule has 0 fully saturated rings. The summed E-state index contributed by atoms with van der Waals surface area (Å²) in [6.45, 7) is 3.85. The van der Waals surface area contributed by atoms with Crippen molar-refractivity contribution >= 4 is 5.97 Å². The van der Waals surface area contributed by atoms with Crippen LogP contribution in [0.3, 0.4) is 0 Å². The summed E-state index contributed by atoms with van der Waals surface area (Å²) in [6, 6.07) is 0. The fraction of sp³-hybridized carbons (Fsp3) is 0.875. The molecule has 1 atom stereocenters. The number of hydrogen-bond acceptors (Lipinski definition) is 5. The first-order valence-electron chi connectivity index (χ1n) is 4.41. The highest BCUT2D eigenvalue weighted by molar-refractivity contribution is 5.66. The monoisotopic (exact) mass is 204 g/mol.